The molecule has 1 aromatic heterocycles. The first-order chi connectivity index (χ1) is 8.15. The molecule has 0 aliphatic heterocycles. The average molecular weight is 242 g/mol. The van der Waals surface area contributed by atoms with Gasteiger partial charge in [-0.1, -0.05) is 0 Å². The van der Waals surface area contributed by atoms with Crippen molar-refractivity contribution in [1.29, 1.82) is 0 Å². The first-order valence-electron chi connectivity index (χ1n) is 5.80. The minimum atomic E-state index is -0.130. The number of hydrogen-bond acceptors (Lipinski definition) is 5. The molecule has 6 nitrogen and oxygen atoms in total. The minimum Gasteiger partial charge on any atom is -0.493 e. The SMILES string of the molecule is CCOCC(NN)c1c(OC)cnn1C(C)C. The molecule has 0 aliphatic carbocycles. The van der Waals surface area contributed by atoms with E-state index in [0.29, 0.717) is 13.2 Å². The van der Waals surface area contributed by atoms with Gasteiger partial charge in [0.25, 0.3) is 0 Å². The van der Waals surface area contributed by atoms with Crippen molar-refractivity contribution in [2.75, 3.05) is 20.3 Å². The molecule has 0 radical (unpaired) electrons. The maximum atomic E-state index is 5.57. The highest BCUT2D eigenvalue weighted by Gasteiger charge is 2.22. The lowest BCUT2D eigenvalue weighted by molar-refractivity contribution is 0.119. The number of aromatic nitrogens is 2. The van der Waals surface area contributed by atoms with Crippen molar-refractivity contribution >= 4 is 0 Å². The van der Waals surface area contributed by atoms with E-state index in [0.717, 1.165) is 11.4 Å². The van der Waals surface area contributed by atoms with Gasteiger partial charge in [-0.05, 0) is 20.8 Å². The van der Waals surface area contributed by atoms with Crippen molar-refractivity contribution in [2.24, 2.45) is 5.84 Å². The van der Waals surface area contributed by atoms with Crippen LogP contribution in [-0.2, 0) is 4.74 Å². The Morgan fingerprint density at radius 2 is 2.24 bits per heavy atom. The van der Waals surface area contributed by atoms with Crippen LogP contribution in [0.25, 0.3) is 0 Å². The normalized spacial score (nSPS) is 13.1. The van der Waals surface area contributed by atoms with E-state index in [4.69, 9.17) is 15.3 Å². The first kappa shape index (κ1) is 14.0. The van der Waals surface area contributed by atoms with Gasteiger partial charge in [0.15, 0.2) is 5.75 Å². The van der Waals surface area contributed by atoms with Crippen molar-refractivity contribution in [3.63, 3.8) is 0 Å². The second-order valence-electron chi connectivity index (χ2n) is 4.02. The minimum absolute atomic E-state index is 0.130. The summed E-state index contributed by atoms with van der Waals surface area (Å²) < 4.78 is 12.6. The summed E-state index contributed by atoms with van der Waals surface area (Å²) in [5.74, 6) is 6.29. The predicted molar refractivity (Wildman–Crippen MR) is 65.7 cm³/mol. The molecular weight excluding hydrogens is 220 g/mol. The second-order valence-corrected chi connectivity index (χ2v) is 4.02. The van der Waals surface area contributed by atoms with Crippen LogP contribution >= 0.6 is 0 Å². The Bertz CT molecular complexity index is 338. The molecule has 0 saturated carbocycles. The van der Waals surface area contributed by atoms with Crippen molar-refractivity contribution in [2.45, 2.75) is 32.9 Å². The van der Waals surface area contributed by atoms with Gasteiger partial charge in [-0.2, -0.15) is 5.10 Å². The van der Waals surface area contributed by atoms with Crippen molar-refractivity contribution < 1.29 is 9.47 Å². The molecular formula is C11H22N4O2. The topological polar surface area (TPSA) is 74.3 Å². The summed E-state index contributed by atoms with van der Waals surface area (Å²) in [6.45, 7) is 7.21. The van der Waals surface area contributed by atoms with Gasteiger partial charge in [-0.25, -0.2) is 5.43 Å². The molecule has 1 rings (SSSR count). The lowest BCUT2D eigenvalue weighted by Gasteiger charge is -2.20. The Hall–Kier alpha value is -1.11. The Labute approximate surface area is 102 Å². The largest absolute Gasteiger partial charge is 0.493 e. The third-order valence-electron chi connectivity index (χ3n) is 2.53. The van der Waals surface area contributed by atoms with Gasteiger partial charge in [0.05, 0.1) is 26.0 Å². The summed E-state index contributed by atoms with van der Waals surface area (Å²) in [6, 6.07) is 0.112. The molecule has 98 valence electrons. The molecule has 17 heavy (non-hydrogen) atoms. The van der Waals surface area contributed by atoms with Gasteiger partial charge in [0.1, 0.15) is 5.69 Å². The molecule has 0 aromatic carbocycles. The molecule has 0 spiro atoms. The lowest BCUT2D eigenvalue weighted by atomic mass is 10.2. The zero-order chi connectivity index (χ0) is 12.8. The smallest absolute Gasteiger partial charge is 0.161 e. The number of nitrogens with two attached hydrogens (primary N) is 1. The van der Waals surface area contributed by atoms with E-state index in [1.807, 2.05) is 11.6 Å². The highest BCUT2D eigenvalue weighted by atomic mass is 16.5. The van der Waals surface area contributed by atoms with Crippen molar-refractivity contribution in [3.05, 3.63) is 11.9 Å². The van der Waals surface area contributed by atoms with E-state index in [9.17, 15) is 0 Å². The Kier molecular flexibility index (Phi) is 5.40. The summed E-state index contributed by atoms with van der Waals surface area (Å²) in [6.07, 6.45) is 1.70. The van der Waals surface area contributed by atoms with E-state index in [2.05, 4.69) is 24.4 Å². The van der Waals surface area contributed by atoms with Gasteiger partial charge in [-0.3, -0.25) is 10.5 Å². The number of hydrogen-bond donors (Lipinski definition) is 2. The van der Waals surface area contributed by atoms with E-state index in [1.165, 1.54) is 0 Å². The maximum Gasteiger partial charge on any atom is 0.161 e. The van der Waals surface area contributed by atoms with Crippen LogP contribution in [0.2, 0.25) is 0 Å². The molecule has 0 amide bonds. The molecule has 6 heteroatoms. The standard InChI is InChI=1S/C11H22N4O2/c1-5-17-7-9(14-12)11-10(16-4)6-13-15(11)8(2)3/h6,8-9,14H,5,7,12H2,1-4H3. The van der Waals surface area contributed by atoms with Crippen LogP contribution in [0, 0.1) is 0 Å². The van der Waals surface area contributed by atoms with Crippen LogP contribution in [0.1, 0.15) is 38.5 Å². The Morgan fingerprint density at radius 3 is 2.71 bits per heavy atom. The maximum absolute atomic E-state index is 5.57. The molecule has 0 bridgehead atoms. The number of nitrogens with one attached hydrogen (secondary N) is 1. The highest BCUT2D eigenvalue weighted by Crippen LogP contribution is 2.27. The molecule has 1 aromatic rings. The Balaban J connectivity index is 3.01. The third kappa shape index (κ3) is 3.18. The van der Waals surface area contributed by atoms with E-state index >= 15 is 0 Å². The molecule has 0 saturated heterocycles. The highest BCUT2D eigenvalue weighted by molar-refractivity contribution is 5.28. The van der Waals surface area contributed by atoms with Crippen LogP contribution in [0.15, 0.2) is 6.20 Å². The summed E-state index contributed by atoms with van der Waals surface area (Å²) in [7, 11) is 1.62. The summed E-state index contributed by atoms with van der Waals surface area (Å²) in [4.78, 5) is 0. The fourth-order valence-electron chi connectivity index (χ4n) is 1.70. The molecule has 1 atom stereocenters. The molecule has 3 N–H and O–H groups in total. The molecule has 0 aliphatic rings. The monoisotopic (exact) mass is 242 g/mol. The summed E-state index contributed by atoms with van der Waals surface area (Å²) in [5.41, 5.74) is 3.66. The fourth-order valence-corrected chi connectivity index (χ4v) is 1.70. The van der Waals surface area contributed by atoms with Crippen LogP contribution in [0.3, 0.4) is 0 Å². The predicted octanol–water partition coefficient (Wildman–Crippen LogP) is 1.01. The van der Waals surface area contributed by atoms with Crippen LogP contribution in [0.5, 0.6) is 5.75 Å². The van der Waals surface area contributed by atoms with Crippen LogP contribution in [0.4, 0.5) is 0 Å². The number of nitrogens with zero attached hydrogens (tertiary/aromatic N) is 2. The number of ether oxygens (including phenoxy) is 2. The average Bonchev–Trinajstić information content (AvgIpc) is 2.74. The van der Waals surface area contributed by atoms with E-state index < -0.39 is 0 Å². The van der Waals surface area contributed by atoms with Crippen molar-refractivity contribution in [1.82, 2.24) is 15.2 Å². The lowest BCUT2D eigenvalue weighted by Crippen LogP contribution is -2.33. The van der Waals surface area contributed by atoms with Gasteiger partial charge < -0.3 is 9.47 Å². The molecule has 1 unspecified atom stereocenters. The zero-order valence-electron chi connectivity index (χ0n) is 10.9. The number of rotatable bonds is 7. The van der Waals surface area contributed by atoms with E-state index in [1.54, 1.807) is 13.3 Å². The van der Waals surface area contributed by atoms with Gasteiger partial charge in [0.2, 0.25) is 0 Å². The van der Waals surface area contributed by atoms with Gasteiger partial charge in [-0.15, -0.1) is 0 Å². The van der Waals surface area contributed by atoms with Crippen LogP contribution < -0.4 is 16.0 Å². The van der Waals surface area contributed by atoms with E-state index in [-0.39, 0.29) is 12.1 Å². The number of hydrazine groups is 1. The quantitative estimate of drug-likeness (QED) is 0.551. The molecule has 0 fully saturated rings. The third-order valence-corrected chi connectivity index (χ3v) is 2.53. The van der Waals surface area contributed by atoms with Gasteiger partial charge in [0, 0.05) is 12.6 Å². The van der Waals surface area contributed by atoms with Crippen molar-refractivity contribution in [3.8, 4) is 5.75 Å². The zero-order valence-corrected chi connectivity index (χ0v) is 10.9. The summed E-state index contributed by atoms with van der Waals surface area (Å²) in [5, 5.41) is 4.30. The number of methoxy groups -OCH3 is 1. The van der Waals surface area contributed by atoms with Gasteiger partial charge >= 0.3 is 0 Å². The first-order valence-corrected chi connectivity index (χ1v) is 5.80. The second kappa shape index (κ2) is 6.58. The van der Waals surface area contributed by atoms with Crippen LogP contribution in [-0.4, -0.2) is 30.1 Å². The Morgan fingerprint density at radius 1 is 1.53 bits per heavy atom. The summed E-state index contributed by atoms with van der Waals surface area (Å²) >= 11 is 0. The molecule has 1 heterocycles. The fraction of sp³-hybridized carbons (Fsp3) is 0.727.